The summed E-state index contributed by atoms with van der Waals surface area (Å²) in [7, 11) is 3.27. The second-order valence-corrected chi connectivity index (χ2v) is 5.96. The third kappa shape index (κ3) is 3.27. The van der Waals surface area contributed by atoms with Crippen molar-refractivity contribution in [3.8, 4) is 11.3 Å². The number of amides is 2. The minimum Gasteiger partial charge on any atom is -0.472 e. The van der Waals surface area contributed by atoms with Gasteiger partial charge in [-0.3, -0.25) is 9.89 Å². The highest BCUT2D eigenvalue weighted by molar-refractivity contribution is 5.99. The van der Waals surface area contributed by atoms with E-state index in [9.17, 15) is 9.59 Å². The summed E-state index contributed by atoms with van der Waals surface area (Å²) in [6.45, 7) is 1.01. The lowest BCUT2D eigenvalue weighted by molar-refractivity contribution is 0.0252. The Hall–Kier alpha value is -2.77. The Kier molecular flexibility index (Phi) is 4.54. The van der Waals surface area contributed by atoms with Crippen LogP contribution in [0.4, 0.5) is 4.79 Å². The van der Waals surface area contributed by atoms with Gasteiger partial charge in [0.25, 0.3) is 5.91 Å². The zero-order valence-electron chi connectivity index (χ0n) is 13.7. The van der Waals surface area contributed by atoms with Gasteiger partial charge >= 0.3 is 6.09 Å². The van der Waals surface area contributed by atoms with Gasteiger partial charge in [-0.2, -0.15) is 5.10 Å². The fourth-order valence-corrected chi connectivity index (χ4v) is 2.71. The van der Waals surface area contributed by atoms with Gasteiger partial charge in [-0.15, -0.1) is 0 Å². The van der Waals surface area contributed by atoms with E-state index < -0.39 is 6.09 Å². The van der Waals surface area contributed by atoms with Gasteiger partial charge in [0.1, 0.15) is 6.10 Å². The Morgan fingerprint density at radius 1 is 1.46 bits per heavy atom. The maximum absolute atomic E-state index is 12.8. The first-order chi connectivity index (χ1) is 11.6. The van der Waals surface area contributed by atoms with E-state index in [0.717, 1.165) is 18.4 Å². The molecule has 2 aromatic rings. The number of hydrogen-bond donors (Lipinski definition) is 1. The van der Waals surface area contributed by atoms with Gasteiger partial charge in [-0.05, 0) is 18.9 Å². The number of piperidine rings is 1. The minimum absolute atomic E-state index is 0.134. The molecule has 3 rings (SSSR count). The molecule has 1 aliphatic rings. The van der Waals surface area contributed by atoms with Crippen LogP contribution in [-0.4, -0.2) is 65.3 Å². The molecule has 8 heteroatoms. The van der Waals surface area contributed by atoms with Crippen LogP contribution >= 0.6 is 0 Å². The molecule has 2 aromatic heterocycles. The molecular weight excluding hydrogens is 312 g/mol. The Balaban J connectivity index is 1.71. The van der Waals surface area contributed by atoms with Crippen molar-refractivity contribution in [1.29, 1.82) is 0 Å². The molecule has 0 spiro atoms. The van der Waals surface area contributed by atoms with E-state index in [1.807, 2.05) is 0 Å². The van der Waals surface area contributed by atoms with Gasteiger partial charge < -0.3 is 19.0 Å². The number of hydrogen-bond acceptors (Lipinski definition) is 5. The van der Waals surface area contributed by atoms with Crippen LogP contribution in [0.5, 0.6) is 0 Å². The highest BCUT2D eigenvalue weighted by Gasteiger charge is 2.29. The lowest BCUT2D eigenvalue weighted by Crippen LogP contribution is -2.44. The minimum atomic E-state index is -0.392. The van der Waals surface area contributed by atoms with E-state index in [0.29, 0.717) is 24.3 Å². The molecule has 0 aliphatic carbocycles. The van der Waals surface area contributed by atoms with Crippen LogP contribution in [-0.2, 0) is 4.74 Å². The van der Waals surface area contributed by atoms with Crippen LogP contribution < -0.4 is 0 Å². The molecule has 1 fully saturated rings. The van der Waals surface area contributed by atoms with Crippen LogP contribution in [0.1, 0.15) is 23.2 Å². The monoisotopic (exact) mass is 332 g/mol. The van der Waals surface area contributed by atoms with Gasteiger partial charge in [0.2, 0.25) is 0 Å². The maximum Gasteiger partial charge on any atom is 0.409 e. The Morgan fingerprint density at radius 3 is 3.00 bits per heavy atom. The Morgan fingerprint density at radius 2 is 2.29 bits per heavy atom. The number of nitrogens with zero attached hydrogens (tertiary/aromatic N) is 3. The summed E-state index contributed by atoms with van der Waals surface area (Å²) in [6, 6.07) is 1.77. The lowest BCUT2D eigenvalue weighted by atomic mass is 10.1. The molecule has 1 atom stereocenters. The molecule has 2 amide bonds. The molecule has 0 aromatic carbocycles. The number of rotatable bonds is 3. The third-order valence-corrected chi connectivity index (χ3v) is 3.98. The largest absolute Gasteiger partial charge is 0.472 e. The second kappa shape index (κ2) is 6.77. The van der Waals surface area contributed by atoms with Gasteiger partial charge in [0.15, 0.2) is 0 Å². The normalized spacial score (nSPS) is 17.6. The molecule has 1 N–H and O–H groups in total. The molecule has 3 heterocycles. The molecule has 8 nitrogen and oxygen atoms in total. The van der Waals surface area contributed by atoms with E-state index in [4.69, 9.17) is 9.15 Å². The number of aromatic amines is 1. The van der Waals surface area contributed by atoms with Crippen molar-refractivity contribution in [2.75, 3.05) is 27.2 Å². The van der Waals surface area contributed by atoms with E-state index >= 15 is 0 Å². The number of carbonyl (C=O) groups excluding carboxylic acids is 2. The molecule has 0 radical (unpaired) electrons. The Labute approximate surface area is 139 Å². The fourth-order valence-electron chi connectivity index (χ4n) is 2.71. The quantitative estimate of drug-likeness (QED) is 0.928. The van der Waals surface area contributed by atoms with Crippen LogP contribution in [0.15, 0.2) is 29.2 Å². The number of ether oxygens (including phenoxy) is 1. The van der Waals surface area contributed by atoms with Gasteiger partial charge in [-0.25, -0.2) is 4.79 Å². The first-order valence-corrected chi connectivity index (χ1v) is 7.79. The number of nitrogens with one attached hydrogen (secondary N) is 1. The van der Waals surface area contributed by atoms with E-state index in [2.05, 4.69) is 10.2 Å². The molecule has 0 saturated carbocycles. The van der Waals surface area contributed by atoms with E-state index in [1.165, 1.54) is 11.1 Å². The van der Waals surface area contributed by atoms with Crippen LogP contribution in [0.3, 0.4) is 0 Å². The van der Waals surface area contributed by atoms with Crippen molar-refractivity contribution in [1.82, 2.24) is 20.0 Å². The average molecular weight is 332 g/mol. The molecule has 1 aliphatic heterocycles. The molecule has 0 bridgehead atoms. The van der Waals surface area contributed by atoms with Crippen molar-refractivity contribution in [2.24, 2.45) is 0 Å². The summed E-state index contributed by atoms with van der Waals surface area (Å²) in [4.78, 5) is 27.6. The smallest absolute Gasteiger partial charge is 0.409 e. The molecular formula is C16H20N4O4. The number of carbonyl (C=O) groups is 2. The topological polar surface area (TPSA) is 91.7 Å². The summed E-state index contributed by atoms with van der Waals surface area (Å²) < 4.78 is 10.5. The summed E-state index contributed by atoms with van der Waals surface area (Å²) in [6.07, 6.45) is 5.47. The fraction of sp³-hybridized carbons (Fsp3) is 0.438. The highest BCUT2D eigenvalue weighted by atomic mass is 16.6. The molecule has 1 unspecified atom stereocenters. The van der Waals surface area contributed by atoms with E-state index in [1.54, 1.807) is 37.6 Å². The van der Waals surface area contributed by atoms with Crippen LogP contribution in [0.2, 0.25) is 0 Å². The standard InChI is InChI=1S/C16H20N4O4/c1-19(2)16(22)24-12-4-3-6-20(9-12)15(21)13-8-17-18-14(13)11-5-7-23-10-11/h5,7-8,10,12H,3-4,6,9H2,1-2H3,(H,17,18). The van der Waals surface area contributed by atoms with Crippen molar-refractivity contribution < 1.29 is 18.7 Å². The van der Waals surface area contributed by atoms with Crippen molar-refractivity contribution in [2.45, 2.75) is 18.9 Å². The van der Waals surface area contributed by atoms with Gasteiger partial charge in [0.05, 0.1) is 36.5 Å². The molecule has 24 heavy (non-hydrogen) atoms. The predicted octanol–water partition coefficient (Wildman–Crippen LogP) is 1.97. The first-order valence-electron chi connectivity index (χ1n) is 7.79. The average Bonchev–Trinajstić information content (AvgIpc) is 3.25. The van der Waals surface area contributed by atoms with E-state index in [-0.39, 0.29) is 12.0 Å². The third-order valence-electron chi connectivity index (χ3n) is 3.98. The second-order valence-electron chi connectivity index (χ2n) is 5.96. The lowest BCUT2D eigenvalue weighted by Gasteiger charge is -2.32. The molecule has 128 valence electrons. The van der Waals surface area contributed by atoms with Crippen LogP contribution in [0.25, 0.3) is 11.3 Å². The summed E-state index contributed by atoms with van der Waals surface area (Å²) in [5.74, 6) is -0.134. The summed E-state index contributed by atoms with van der Waals surface area (Å²) in [5.41, 5.74) is 1.88. The Bertz CT molecular complexity index is 707. The van der Waals surface area contributed by atoms with Gasteiger partial charge in [-0.1, -0.05) is 0 Å². The maximum atomic E-state index is 12.8. The molecule has 1 saturated heterocycles. The van der Waals surface area contributed by atoms with Crippen molar-refractivity contribution in [3.05, 3.63) is 30.4 Å². The number of likely N-dealkylation sites (tertiary alicyclic amines) is 1. The number of aromatic nitrogens is 2. The highest BCUT2D eigenvalue weighted by Crippen LogP contribution is 2.24. The first kappa shape index (κ1) is 16.1. The van der Waals surface area contributed by atoms with Crippen molar-refractivity contribution in [3.63, 3.8) is 0 Å². The van der Waals surface area contributed by atoms with Crippen molar-refractivity contribution >= 4 is 12.0 Å². The zero-order valence-corrected chi connectivity index (χ0v) is 13.7. The summed E-state index contributed by atoms with van der Waals surface area (Å²) >= 11 is 0. The predicted molar refractivity (Wildman–Crippen MR) is 85.4 cm³/mol. The van der Waals surface area contributed by atoms with Gasteiger partial charge in [0, 0.05) is 26.2 Å². The number of furan rings is 1. The summed E-state index contributed by atoms with van der Waals surface area (Å²) in [5, 5.41) is 6.82. The number of H-pyrrole nitrogens is 1. The van der Waals surface area contributed by atoms with Crippen LogP contribution in [0, 0.1) is 0 Å². The zero-order chi connectivity index (χ0) is 17.1. The SMILES string of the molecule is CN(C)C(=O)OC1CCCN(C(=O)c2cn[nH]c2-c2ccoc2)C1.